The van der Waals surface area contributed by atoms with Crippen LogP contribution < -0.4 is 0 Å². The standard InChI is InChI=1S/C23H29NS/c1-23(2,3)17-11-12-20-19(14-17)22-18-10-8-7-9-16(18)13-21(22)24(20)15-25(4,5)6/h7-12,14H,13,15H2,1-6H3. The van der Waals surface area contributed by atoms with Crippen molar-refractivity contribution in [3.63, 3.8) is 0 Å². The van der Waals surface area contributed by atoms with Gasteiger partial charge in [-0.3, -0.25) is 0 Å². The van der Waals surface area contributed by atoms with Crippen molar-refractivity contribution in [1.29, 1.82) is 0 Å². The van der Waals surface area contributed by atoms with E-state index in [0.717, 1.165) is 12.3 Å². The van der Waals surface area contributed by atoms with E-state index in [1.54, 1.807) is 0 Å². The van der Waals surface area contributed by atoms with Gasteiger partial charge in [-0.25, -0.2) is 10.0 Å². The molecular weight excluding hydrogens is 322 g/mol. The van der Waals surface area contributed by atoms with E-state index in [-0.39, 0.29) is 5.41 Å². The molecule has 0 bridgehead atoms. The van der Waals surface area contributed by atoms with Gasteiger partial charge in [0, 0.05) is 28.6 Å². The van der Waals surface area contributed by atoms with Crippen LogP contribution in [0.1, 0.15) is 37.6 Å². The molecule has 132 valence electrons. The van der Waals surface area contributed by atoms with Crippen LogP contribution in [-0.4, -0.2) is 23.3 Å². The van der Waals surface area contributed by atoms with Crippen molar-refractivity contribution >= 4 is 20.9 Å². The second kappa shape index (κ2) is 5.41. The second-order valence-electron chi connectivity index (χ2n) is 9.29. The van der Waals surface area contributed by atoms with Crippen LogP contribution in [0.2, 0.25) is 0 Å². The van der Waals surface area contributed by atoms with E-state index in [9.17, 15) is 0 Å². The van der Waals surface area contributed by atoms with Crippen LogP contribution in [0.25, 0.3) is 22.0 Å². The third-order valence-electron chi connectivity index (χ3n) is 5.20. The zero-order valence-corrected chi connectivity index (χ0v) is 17.1. The summed E-state index contributed by atoms with van der Waals surface area (Å²) in [6.07, 6.45) is 8.31. The largest absolute Gasteiger partial charge is 0.335 e. The van der Waals surface area contributed by atoms with Crippen LogP contribution in [0, 0.1) is 0 Å². The molecule has 0 N–H and O–H groups in total. The number of hydrogen-bond donors (Lipinski definition) is 0. The zero-order chi connectivity index (χ0) is 18.0. The zero-order valence-electron chi connectivity index (χ0n) is 16.3. The summed E-state index contributed by atoms with van der Waals surface area (Å²) in [6.45, 7) is 6.91. The maximum Gasteiger partial charge on any atom is 0.0527 e. The monoisotopic (exact) mass is 351 g/mol. The van der Waals surface area contributed by atoms with E-state index in [1.807, 2.05) is 0 Å². The number of nitrogens with zero attached hydrogens (tertiary/aromatic N) is 1. The first-order chi connectivity index (χ1) is 11.6. The lowest BCUT2D eigenvalue weighted by Gasteiger charge is -2.27. The highest BCUT2D eigenvalue weighted by Crippen LogP contribution is 2.47. The van der Waals surface area contributed by atoms with Crippen LogP contribution in [-0.2, 0) is 17.7 Å². The molecule has 1 aliphatic rings. The summed E-state index contributed by atoms with van der Waals surface area (Å²) >= 11 is 0. The van der Waals surface area contributed by atoms with E-state index in [2.05, 4.69) is 86.6 Å². The van der Waals surface area contributed by atoms with Crippen molar-refractivity contribution in [2.45, 2.75) is 38.5 Å². The normalized spacial score (nSPS) is 14.6. The van der Waals surface area contributed by atoms with Crippen molar-refractivity contribution in [3.8, 4) is 11.1 Å². The lowest BCUT2D eigenvalue weighted by atomic mass is 9.86. The third-order valence-corrected chi connectivity index (χ3v) is 6.23. The second-order valence-corrected chi connectivity index (χ2v) is 13.7. The number of fused-ring (bicyclic) bond motifs is 5. The van der Waals surface area contributed by atoms with Crippen molar-refractivity contribution in [1.82, 2.24) is 4.57 Å². The Morgan fingerprint density at radius 2 is 1.72 bits per heavy atom. The summed E-state index contributed by atoms with van der Waals surface area (Å²) in [5.74, 6) is 1.14. The van der Waals surface area contributed by atoms with Crippen LogP contribution in [0.15, 0.2) is 42.5 Å². The number of rotatable bonds is 2. The summed E-state index contributed by atoms with van der Waals surface area (Å²) in [4.78, 5) is 0. The summed E-state index contributed by atoms with van der Waals surface area (Å²) in [5, 5.41) is 1.44. The predicted octanol–water partition coefficient (Wildman–Crippen LogP) is 6.16. The van der Waals surface area contributed by atoms with E-state index >= 15 is 0 Å². The maximum atomic E-state index is 2.62. The van der Waals surface area contributed by atoms with Crippen LogP contribution in [0.5, 0.6) is 0 Å². The first-order valence-electron chi connectivity index (χ1n) is 9.05. The Hall–Kier alpha value is -1.67. The van der Waals surface area contributed by atoms with Gasteiger partial charge in [0.25, 0.3) is 0 Å². The fourth-order valence-electron chi connectivity index (χ4n) is 3.99. The number of benzene rings is 2. The molecular formula is C23H29NS. The molecule has 3 aromatic rings. The van der Waals surface area contributed by atoms with Crippen molar-refractivity contribution in [3.05, 3.63) is 59.3 Å². The molecule has 0 aliphatic heterocycles. The van der Waals surface area contributed by atoms with Crippen molar-refractivity contribution < 1.29 is 0 Å². The molecule has 0 radical (unpaired) electrons. The Balaban J connectivity index is 2.03. The smallest absolute Gasteiger partial charge is 0.0527 e. The topological polar surface area (TPSA) is 4.93 Å². The molecule has 4 rings (SSSR count). The first kappa shape index (κ1) is 16.8. The molecule has 0 atom stereocenters. The van der Waals surface area contributed by atoms with Crippen molar-refractivity contribution in [2.24, 2.45) is 0 Å². The summed E-state index contributed by atoms with van der Waals surface area (Å²) in [6, 6.07) is 16.1. The molecule has 0 fully saturated rings. The fraction of sp³-hybridized carbons (Fsp3) is 0.391. The van der Waals surface area contributed by atoms with Gasteiger partial charge in [0.1, 0.15) is 0 Å². The first-order valence-corrected chi connectivity index (χ1v) is 12.1. The summed E-state index contributed by atoms with van der Waals surface area (Å²) in [5.41, 5.74) is 8.94. The molecule has 1 aromatic heterocycles. The SMILES string of the molecule is CC(C)(C)c1ccc2c(c1)c1c(n2CS(C)(C)C)Cc2ccccc2-1. The van der Waals surface area contributed by atoms with E-state index < -0.39 is 10.0 Å². The van der Waals surface area contributed by atoms with E-state index in [4.69, 9.17) is 0 Å². The average Bonchev–Trinajstić information content (AvgIpc) is 3.01. The number of hydrogen-bond acceptors (Lipinski definition) is 0. The van der Waals surface area contributed by atoms with Gasteiger partial charge in [-0.2, -0.15) is 0 Å². The predicted molar refractivity (Wildman–Crippen MR) is 114 cm³/mol. The Morgan fingerprint density at radius 3 is 2.40 bits per heavy atom. The maximum absolute atomic E-state index is 2.62. The minimum atomic E-state index is -0.623. The van der Waals surface area contributed by atoms with Crippen molar-refractivity contribution in [2.75, 3.05) is 18.8 Å². The van der Waals surface area contributed by atoms with Gasteiger partial charge in [0.2, 0.25) is 0 Å². The molecule has 2 heteroatoms. The fourth-order valence-corrected chi connectivity index (χ4v) is 5.06. The van der Waals surface area contributed by atoms with Crippen LogP contribution in [0.3, 0.4) is 0 Å². The van der Waals surface area contributed by atoms with Gasteiger partial charge >= 0.3 is 0 Å². The lowest BCUT2D eigenvalue weighted by Crippen LogP contribution is -2.11. The quantitative estimate of drug-likeness (QED) is 0.407. The van der Waals surface area contributed by atoms with E-state index in [0.29, 0.717) is 0 Å². The lowest BCUT2D eigenvalue weighted by molar-refractivity contribution is 0.591. The Bertz CT molecular complexity index is 964. The van der Waals surface area contributed by atoms with Gasteiger partial charge in [-0.05, 0) is 53.0 Å². The Morgan fingerprint density at radius 1 is 1.00 bits per heavy atom. The minimum absolute atomic E-state index is 0.177. The molecule has 0 spiro atoms. The number of aromatic nitrogens is 1. The summed E-state index contributed by atoms with van der Waals surface area (Å²) in [7, 11) is -0.623. The Labute approximate surface area is 153 Å². The molecule has 0 amide bonds. The molecule has 0 saturated carbocycles. The van der Waals surface area contributed by atoms with Gasteiger partial charge in [0.05, 0.1) is 5.88 Å². The summed E-state index contributed by atoms with van der Waals surface area (Å²) < 4.78 is 2.62. The van der Waals surface area contributed by atoms with Gasteiger partial charge in [0.15, 0.2) is 0 Å². The van der Waals surface area contributed by atoms with E-state index in [1.165, 1.54) is 38.9 Å². The third kappa shape index (κ3) is 2.81. The Kier molecular flexibility index (Phi) is 3.63. The minimum Gasteiger partial charge on any atom is -0.335 e. The highest BCUT2D eigenvalue weighted by atomic mass is 32.3. The molecule has 1 nitrogen and oxygen atoms in total. The molecule has 0 saturated heterocycles. The molecule has 0 unspecified atom stereocenters. The van der Waals surface area contributed by atoms with Crippen LogP contribution >= 0.6 is 10.0 Å². The highest BCUT2D eigenvalue weighted by molar-refractivity contribution is 8.31. The highest BCUT2D eigenvalue weighted by Gasteiger charge is 2.28. The molecule has 25 heavy (non-hydrogen) atoms. The molecule has 2 aromatic carbocycles. The van der Waals surface area contributed by atoms with Gasteiger partial charge < -0.3 is 4.57 Å². The van der Waals surface area contributed by atoms with Gasteiger partial charge in [-0.1, -0.05) is 51.1 Å². The van der Waals surface area contributed by atoms with Crippen LogP contribution in [0.4, 0.5) is 0 Å². The molecule has 1 aliphatic carbocycles. The van der Waals surface area contributed by atoms with Gasteiger partial charge in [-0.15, -0.1) is 0 Å². The average molecular weight is 352 g/mol. The molecule has 1 heterocycles.